The predicted octanol–water partition coefficient (Wildman–Crippen LogP) is 2.07. The Kier molecular flexibility index (Phi) is 6.66. The number of thioether (sulfide) groups is 1. The number of pyridine rings is 1. The molecule has 0 unspecified atom stereocenters. The average Bonchev–Trinajstić information content (AvgIpc) is 2.72. The minimum Gasteiger partial charge on any atom is -0.486 e. The Hall–Kier alpha value is -2.30. The number of nitrogens with one attached hydrogen (secondary N) is 1. The monoisotopic (exact) mass is 437 g/mol. The van der Waals surface area contributed by atoms with Crippen LogP contribution in [0.1, 0.15) is 18.5 Å². The number of sulfonamides is 1. The van der Waals surface area contributed by atoms with Gasteiger partial charge in [0.25, 0.3) is 0 Å². The second-order valence-electron chi connectivity index (χ2n) is 6.60. The van der Waals surface area contributed by atoms with Gasteiger partial charge < -0.3 is 14.8 Å². The van der Waals surface area contributed by atoms with Gasteiger partial charge in [-0.05, 0) is 36.8 Å². The minimum atomic E-state index is -3.52. The van der Waals surface area contributed by atoms with Crippen LogP contribution in [0.2, 0.25) is 0 Å². The van der Waals surface area contributed by atoms with Crippen molar-refractivity contribution in [2.75, 3.05) is 33.1 Å². The van der Waals surface area contributed by atoms with Gasteiger partial charge >= 0.3 is 0 Å². The lowest BCUT2D eigenvalue weighted by molar-refractivity contribution is -0.119. The van der Waals surface area contributed by atoms with Gasteiger partial charge in [0, 0.05) is 20.3 Å². The molecule has 29 heavy (non-hydrogen) atoms. The standard InChI is InChI=1S/C19H23N3O5S2/c1-13(14-4-6-16-17(10-14)27-9-8-26-16)21-18(23)12-28-19-7-5-15(11-20-19)29(24,25)22(2)3/h4-7,10-11,13H,8-9,12H2,1-3H3,(H,21,23)/t13-/m0/s1. The highest BCUT2D eigenvalue weighted by Crippen LogP contribution is 2.32. The number of carbonyl (C=O) groups excluding carboxylic acids is 1. The highest BCUT2D eigenvalue weighted by molar-refractivity contribution is 7.99. The lowest BCUT2D eigenvalue weighted by atomic mass is 10.1. The number of fused-ring (bicyclic) bond motifs is 1. The summed E-state index contributed by atoms with van der Waals surface area (Å²) in [7, 11) is -0.588. The number of benzene rings is 1. The topological polar surface area (TPSA) is 97.8 Å². The Balaban J connectivity index is 1.54. The van der Waals surface area contributed by atoms with Crippen LogP contribution in [0.4, 0.5) is 0 Å². The second kappa shape index (κ2) is 9.02. The predicted molar refractivity (Wildman–Crippen MR) is 110 cm³/mol. The van der Waals surface area contributed by atoms with Crippen LogP contribution in [0.3, 0.4) is 0 Å². The normalized spacial score (nSPS) is 14.5. The molecule has 0 aliphatic carbocycles. The van der Waals surface area contributed by atoms with Crippen LogP contribution in [-0.4, -0.2) is 56.7 Å². The third-order valence-corrected chi connectivity index (χ3v) is 7.03. The first-order valence-corrected chi connectivity index (χ1v) is 11.4. The Morgan fingerprint density at radius 1 is 1.21 bits per heavy atom. The molecule has 1 aromatic heterocycles. The summed E-state index contributed by atoms with van der Waals surface area (Å²) >= 11 is 1.24. The SMILES string of the molecule is C[C@H](NC(=O)CSc1ccc(S(=O)(=O)N(C)C)cn1)c1ccc2c(c1)OCCO2. The summed E-state index contributed by atoms with van der Waals surface area (Å²) in [5.41, 5.74) is 0.920. The van der Waals surface area contributed by atoms with E-state index in [4.69, 9.17) is 9.47 Å². The van der Waals surface area contributed by atoms with Gasteiger partial charge in [0.2, 0.25) is 15.9 Å². The van der Waals surface area contributed by atoms with Crippen molar-refractivity contribution in [2.45, 2.75) is 22.9 Å². The number of carbonyl (C=O) groups is 1. The number of amides is 1. The first kappa shape index (κ1) is 21.4. The first-order chi connectivity index (χ1) is 13.8. The molecule has 1 N–H and O–H groups in total. The van der Waals surface area contributed by atoms with E-state index in [0.717, 1.165) is 9.87 Å². The molecule has 0 saturated heterocycles. The first-order valence-electron chi connectivity index (χ1n) is 8.97. The molecule has 1 aliphatic heterocycles. The zero-order valence-electron chi connectivity index (χ0n) is 16.4. The number of nitrogens with zero attached hydrogens (tertiary/aromatic N) is 2. The van der Waals surface area contributed by atoms with Crippen molar-refractivity contribution in [2.24, 2.45) is 0 Å². The van der Waals surface area contributed by atoms with Crippen molar-refractivity contribution in [1.82, 2.24) is 14.6 Å². The molecule has 0 radical (unpaired) electrons. The van der Waals surface area contributed by atoms with Gasteiger partial charge in [-0.2, -0.15) is 0 Å². The molecule has 8 nitrogen and oxygen atoms in total. The summed E-state index contributed by atoms with van der Waals surface area (Å²) in [4.78, 5) is 16.5. The third-order valence-electron chi connectivity index (χ3n) is 4.28. The number of aromatic nitrogens is 1. The van der Waals surface area contributed by atoms with Crippen molar-refractivity contribution in [1.29, 1.82) is 0 Å². The number of ether oxygens (including phenoxy) is 2. The fourth-order valence-electron chi connectivity index (χ4n) is 2.65. The molecule has 1 amide bonds. The van der Waals surface area contributed by atoms with Gasteiger partial charge in [-0.25, -0.2) is 17.7 Å². The van der Waals surface area contributed by atoms with Gasteiger partial charge in [-0.3, -0.25) is 4.79 Å². The van der Waals surface area contributed by atoms with Crippen molar-refractivity contribution >= 4 is 27.7 Å². The second-order valence-corrected chi connectivity index (χ2v) is 9.75. The molecule has 0 fully saturated rings. The average molecular weight is 438 g/mol. The van der Waals surface area contributed by atoms with E-state index in [1.807, 2.05) is 25.1 Å². The Bertz CT molecular complexity index is 978. The van der Waals surface area contributed by atoms with Crippen molar-refractivity contribution < 1.29 is 22.7 Å². The molecule has 0 bridgehead atoms. The highest BCUT2D eigenvalue weighted by atomic mass is 32.2. The van der Waals surface area contributed by atoms with Crippen LogP contribution in [0.5, 0.6) is 11.5 Å². The quantitative estimate of drug-likeness (QED) is 0.662. The van der Waals surface area contributed by atoms with Crippen LogP contribution < -0.4 is 14.8 Å². The Morgan fingerprint density at radius 2 is 1.93 bits per heavy atom. The van der Waals surface area contributed by atoms with E-state index < -0.39 is 10.0 Å². The van der Waals surface area contributed by atoms with Crippen LogP contribution in [0.25, 0.3) is 0 Å². The molecule has 2 aromatic rings. The van der Waals surface area contributed by atoms with Gasteiger partial charge in [-0.1, -0.05) is 17.8 Å². The van der Waals surface area contributed by atoms with E-state index in [2.05, 4.69) is 10.3 Å². The summed E-state index contributed by atoms with van der Waals surface area (Å²) in [6.07, 6.45) is 1.30. The lowest BCUT2D eigenvalue weighted by Gasteiger charge is -2.21. The summed E-state index contributed by atoms with van der Waals surface area (Å²) in [5.74, 6) is 1.41. The van der Waals surface area contributed by atoms with E-state index >= 15 is 0 Å². The zero-order chi connectivity index (χ0) is 21.0. The van der Waals surface area contributed by atoms with Crippen LogP contribution >= 0.6 is 11.8 Å². The van der Waals surface area contributed by atoms with Gasteiger partial charge in [-0.15, -0.1) is 0 Å². The van der Waals surface area contributed by atoms with E-state index in [0.29, 0.717) is 29.7 Å². The maximum absolute atomic E-state index is 12.3. The maximum Gasteiger partial charge on any atom is 0.244 e. The number of rotatable bonds is 7. The summed E-state index contributed by atoms with van der Waals surface area (Å²) in [5, 5.41) is 3.51. The van der Waals surface area contributed by atoms with Crippen molar-refractivity contribution in [3.05, 3.63) is 42.1 Å². The number of hydrogen-bond acceptors (Lipinski definition) is 7. The Labute approximate surface area is 174 Å². The zero-order valence-corrected chi connectivity index (χ0v) is 18.0. The summed E-state index contributed by atoms with van der Waals surface area (Å²) in [6, 6.07) is 8.50. The molecule has 1 aromatic carbocycles. The van der Waals surface area contributed by atoms with E-state index in [1.54, 1.807) is 6.07 Å². The smallest absolute Gasteiger partial charge is 0.244 e. The van der Waals surface area contributed by atoms with Gasteiger partial charge in [0.1, 0.15) is 18.1 Å². The van der Waals surface area contributed by atoms with Crippen molar-refractivity contribution in [3.8, 4) is 11.5 Å². The fourth-order valence-corrected chi connectivity index (χ4v) is 4.15. The molecule has 0 spiro atoms. The Morgan fingerprint density at radius 3 is 2.59 bits per heavy atom. The highest BCUT2D eigenvalue weighted by Gasteiger charge is 2.18. The third kappa shape index (κ3) is 5.20. The molecule has 1 atom stereocenters. The maximum atomic E-state index is 12.3. The molecule has 3 rings (SSSR count). The van der Waals surface area contributed by atoms with Crippen LogP contribution in [-0.2, 0) is 14.8 Å². The molecular weight excluding hydrogens is 414 g/mol. The van der Waals surface area contributed by atoms with Crippen molar-refractivity contribution in [3.63, 3.8) is 0 Å². The molecule has 156 valence electrons. The lowest BCUT2D eigenvalue weighted by Crippen LogP contribution is -2.28. The largest absolute Gasteiger partial charge is 0.486 e. The van der Waals surface area contributed by atoms with Crippen LogP contribution in [0.15, 0.2) is 46.5 Å². The fraction of sp³-hybridized carbons (Fsp3) is 0.368. The van der Waals surface area contributed by atoms with E-state index in [9.17, 15) is 13.2 Å². The van der Waals surface area contributed by atoms with E-state index in [-0.39, 0.29) is 22.6 Å². The molecule has 10 heteroatoms. The number of hydrogen-bond donors (Lipinski definition) is 1. The minimum absolute atomic E-state index is 0.114. The van der Waals surface area contributed by atoms with Gasteiger partial charge in [0.15, 0.2) is 11.5 Å². The molecule has 1 aliphatic rings. The van der Waals surface area contributed by atoms with Crippen LogP contribution in [0, 0.1) is 0 Å². The summed E-state index contributed by atoms with van der Waals surface area (Å²) < 4.78 is 36.3. The van der Waals surface area contributed by atoms with Gasteiger partial charge in [0.05, 0.1) is 16.8 Å². The molecular formula is C19H23N3O5S2. The molecule has 0 saturated carbocycles. The summed E-state index contributed by atoms with van der Waals surface area (Å²) in [6.45, 7) is 2.94. The molecule has 2 heterocycles. The van der Waals surface area contributed by atoms with E-state index in [1.165, 1.54) is 38.1 Å².